The van der Waals surface area contributed by atoms with Gasteiger partial charge in [0.05, 0.1) is 7.11 Å². The second-order valence-electron chi connectivity index (χ2n) is 1.86. The molecule has 0 spiro atoms. The number of rotatable bonds is 3. The Morgan fingerprint density at radius 1 is 1.27 bits per heavy atom. The molecule has 0 aliphatic heterocycles. The van der Waals surface area contributed by atoms with Crippen molar-refractivity contribution in [1.29, 1.82) is 0 Å². The Bertz CT molecular complexity index is 229. The Balaban J connectivity index is 2.83. The number of hydrogen-bond acceptors (Lipinski definition) is 2. The highest BCUT2D eigenvalue weighted by atomic mass is 19.1. The van der Waals surface area contributed by atoms with Gasteiger partial charge in [0, 0.05) is 0 Å². The molecule has 0 amide bonds. The first-order chi connectivity index (χ1) is 5.38. The molecule has 0 aliphatic rings. The predicted molar refractivity (Wildman–Crippen MR) is 40.5 cm³/mol. The average Bonchev–Trinajstić information content (AvgIpc) is 2.06. The summed E-state index contributed by atoms with van der Waals surface area (Å²) in [5, 5.41) is 0. The number of hydrogen-bond donors (Lipinski definition) is 0. The average molecular weight is 153 g/mol. The largest absolute Gasteiger partial charge is 0.615 e. The number of benzene rings is 1. The van der Waals surface area contributed by atoms with E-state index in [-0.39, 0.29) is 7.76 Å². The van der Waals surface area contributed by atoms with Gasteiger partial charge in [-0.3, -0.25) is 4.32 Å². The molecule has 0 fully saturated rings. The van der Waals surface area contributed by atoms with Gasteiger partial charge < -0.3 is 9.39 Å². The molecule has 0 atom stereocenters. The van der Waals surface area contributed by atoms with Crippen LogP contribution >= 0.6 is 0 Å². The standard InChI is InChI=1S/C7H7BFO2/c1-10-6-4-2-3-5-7(6)11-8-9/h2-5H,1H3. The minimum atomic E-state index is 0.123. The summed E-state index contributed by atoms with van der Waals surface area (Å²) >= 11 is 0. The molecule has 0 heterocycles. The minimum Gasteiger partial charge on any atom is -0.532 e. The molecule has 0 saturated carbocycles. The highest BCUT2D eigenvalue weighted by Crippen LogP contribution is 2.25. The first kappa shape index (κ1) is 7.92. The van der Waals surface area contributed by atoms with E-state index in [0.717, 1.165) is 0 Å². The van der Waals surface area contributed by atoms with Gasteiger partial charge in [-0.05, 0) is 12.1 Å². The van der Waals surface area contributed by atoms with E-state index in [4.69, 9.17) is 4.74 Å². The van der Waals surface area contributed by atoms with Crippen LogP contribution in [0.3, 0.4) is 0 Å². The van der Waals surface area contributed by atoms with Crippen LogP contribution in [-0.4, -0.2) is 14.9 Å². The quantitative estimate of drug-likeness (QED) is 0.613. The molecule has 0 aromatic heterocycles. The summed E-state index contributed by atoms with van der Waals surface area (Å²) < 4.78 is 21.0. The maximum atomic E-state index is 11.6. The fourth-order valence-corrected chi connectivity index (χ4v) is 0.764. The summed E-state index contributed by atoms with van der Waals surface area (Å²) in [6, 6.07) is 6.83. The van der Waals surface area contributed by atoms with Crippen molar-refractivity contribution in [3.8, 4) is 11.5 Å². The SMILES string of the molecule is COc1ccccc1O[B]F. The van der Waals surface area contributed by atoms with E-state index in [2.05, 4.69) is 4.65 Å². The minimum absolute atomic E-state index is 0.123. The molecule has 11 heavy (non-hydrogen) atoms. The van der Waals surface area contributed by atoms with Crippen LogP contribution in [0.15, 0.2) is 24.3 Å². The molecule has 1 radical (unpaired) electrons. The lowest BCUT2D eigenvalue weighted by Gasteiger charge is -2.05. The molecule has 0 N–H and O–H groups in total. The Morgan fingerprint density at radius 2 is 1.91 bits per heavy atom. The van der Waals surface area contributed by atoms with Crippen molar-refractivity contribution in [2.75, 3.05) is 7.11 Å². The van der Waals surface area contributed by atoms with Gasteiger partial charge in [0.25, 0.3) is 0 Å². The summed E-state index contributed by atoms with van der Waals surface area (Å²) in [5.74, 6) is 0.888. The molecule has 0 aliphatic carbocycles. The summed E-state index contributed by atoms with van der Waals surface area (Å²) in [6.45, 7) is 0. The molecule has 2 nitrogen and oxygen atoms in total. The summed E-state index contributed by atoms with van der Waals surface area (Å²) in [7, 11) is 1.62. The molecule has 0 saturated heterocycles. The smallest absolute Gasteiger partial charge is 0.532 e. The third kappa shape index (κ3) is 1.87. The van der Waals surface area contributed by atoms with E-state index in [1.165, 1.54) is 7.11 Å². The fourth-order valence-electron chi connectivity index (χ4n) is 0.764. The van der Waals surface area contributed by atoms with E-state index in [0.29, 0.717) is 11.5 Å². The Labute approximate surface area is 65.3 Å². The summed E-state index contributed by atoms with van der Waals surface area (Å²) in [6.07, 6.45) is 0. The van der Waals surface area contributed by atoms with Crippen LogP contribution in [0.25, 0.3) is 0 Å². The van der Waals surface area contributed by atoms with E-state index in [9.17, 15) is 4.32 Å². The number of para-hydroxylation sites is 2. The van der Waals surface area contributed by atoms with Crippen LogP contribution in [0.4, 0.5) is 4.32 Å². The van der Waals surface area contributed by atoms with Gasteiger partial charge >= 0.3 is 7.76 Å². The summed E-state index contributed by atoms with van der Waals surface area (Å²) in [4.78, 5) is 0. The Hall–Kier alpha value is -1.19. The maximum Gasteiger partial charge on any atom is 0.615 e. The van der Waals surface area contributed by atoms with Gasteiger partial charge in [0.2, 0.25) is 0 Å². The molecule has 1 aromatic carbocycles. The monoisotopic (exact) mass is 153 g/mol. The van der Waals surface area contributed by atoms with E-state index >= 15 is 0 Å². The second-order valence-corrected chi connectivity index (χ2v) is 1.86. The number of ether oxygens (including phenoxy) is 1. The molecule has 1 rings (SSSR count). The lowest BCUT2D eigenvalue weighted by atomic mass is 10.3. The van der Waals surface area contributed by atoms with Gasteiger partial charge in [0.15, 0.2) is 5.75 Å². The molecule has 4 heteroatoms. The lowest BCUT2D eigenvalue weighted by molar-refractivity contribution is 0.391. The zero-order valence-corrected chi connectivity index (χ0v) is 6.08. The molecule has 0 unspecified atom stereocenters. The molecular formula is C7H7BFO2. The maximum absolute atomic E-state index is 11.6. The van der Waals surface area contributed by atoms with Gasteiger partial charge in [-0.2, -0.15) is 0 Å². The van der Waals surface area contributed by atoms with Crippen molar-refractivity contribution in [2.45, 2.75) is 0 Å². The van der Waals surface area contributed by atoms with Crippen molar-refractivity contribution in [3.63, 3.8) is 0 Å². The van der Waals surface area contributed by atoms with E-state index < -0.39 is 0 Å². The van der Waals surface area contributed by atoms with Crippen LogP contribution in [0.1, 0.15) is 0 Å². The second kappa shape index (κ2) is 3.86. The number of halogens is 1. The van der Waals surface area contributed by atoms with E-state index in [1.807, 2.05) is 0 Å². The Morgan fingerprint density at radius 3 is 2.45 bits per heavy atom. The van der Waals surface area contributed by atoms with Crippen molar-refractivity contribution in [2.24, 2.45) is 0 Å². The molecular weight excluding hydrogens is 146 g/mol. The molecule has 1 aromatic rings. The first-order valence-corrected chi connectivity index (χ1v) is 3.10. The van der Waals surface area contributed by atoms with Gasteiger partial charge in [-0.25, -0.2) is 0 Å². The fraction of sp³-hybridized carbons (Fsp3) is 0.143. The van der Waals surface area contributed by atoms with Crippen LogP contribution in [-0.2, 0) is 0 Å². The third-order valence-electron chi connectivity index (χ3n) is 1.24. The highest BCUT2D eigenvalue weighted by Gasteiger charge is 2.01. The van der Waals surface area contributed by atoms with Crippen molar-refractivity contribution in [1.82, 2.24) is 0 Å². The first-order valence-electron chi connectivity index (χ1n) is 3.10. The van der Waals surface area contributed by atoms with Gasteiger partial charge in [-0.1, -0.05) is 12.1 Å². The molecule has 0 bridgehead atoms. The zero-order valence-electron chi connectivity index (χ0n) is 6.08. The van der Waals surface area contributed by atoms with Crippen LogP contribution in [0, 0.1) is 0 Å². The zero-order chi connectivity index (χ0) is 8.10. The lowest BCUT2D eigenvalue weighted by Crippen LogP contribution is -1.96. The van der Waals surface area contributed by atoms with Crippen molar-refractivity contribution in [3.05, 3.63) is 24.3 Å². The highest BCUT2D eigenvalue weighted by molar-refractivity contribution is 6.18. The van der Waals surface area contributed by atoms with E-state index in [1.54, 1.807) is 24.3 Å². The van der Waals surface area contributed by atoms with Crippen LogP contribution < -0.4 is 9.39 Å². The third-order valence-corrected chi connectivity index (χ3v) is 1.24. The van der Waals surface area contributed by atoms with Gasteiger partial charge in [0.1, 0.15) is 5.75 Å². The van der Waals surface area contributed by atoms with Gasteiger partial charge in [-0.15, -0.1) is 0 Å². The van der Waals surface area contributed by atoms with Crippen LogP contribution in [0.5, 0.6) is 11.5 Å². The predicted octanol–water partition coefficient (Wildman–Crippen LogP) is 1.58. The van der Waals surface area contributed by atoms with Crippen LogP contribution in [0.2, 0.25) is 0 Å². The van der Waals surface area contributed by atoms with Crippen molar-refractivity contribution >= 4 is 7.76 Å². The molecule has 57 valence electrons. The number of methoxy groups -OCH3 is 1. The normalized spacial score (nSPS) is 8.91. The Kier molecular flexibility index (Phi) is 2.78. The summed E-state index contributed by atoms with van der Waals surface area (Å²) in [5.41, 5.74) is 0. The van der Waals surface area contributed by atoms with Crippen molar-refractivity contribution < 1.29 is 13.7 Å². The topological polar surface area (TPSA) is 18.5 Å².